The van der Waals surface area contributed by atoms with Gasteiger partial charge in [0.15, 0.2) is 0 Å². The molecule has 0 radical (unpaired) electrons. The summed E-state index contributed by atoms with van der Waals surface area (Å²) in [7, 11) is 0. The van der Waals surface area contributed by atoms with Crippen LogP contribution in [0, 0.1) is 0 Å². The quantitative estimate of drug-likeness (QED) is 0.407. The summed E-state index contributed by atoms with van der Waals surface area (Å²) in [5.74, 6) is 0. The third kappa shape index (κ3) is 3.06. The minimum atomic E-state index is 1.08. The minimum Gasteiger partial charge on any atom is -0.356 e. The fourth-order valence-corrected chi connectivity index (χ4v) is 3.17. The van der Waals surface area contributed by atoms with Gasteiger partial charge in [-0.15, -0.1) is 0 Å². The summed E-state index contributed by atoms with van der Waals surface area (Å²) in [6.45, 7) is 0. The normalized spacial score (nSPS) is 10.7. The van der Waals surface area contributed by atoms with Crippen LogP contribution in [0.3, 0.4) is 0 Å². The van der Waals surface area contributed by atoms with Gasteiger partial charge in [-0.1, -0.05) is 70.5 Å². The summed E-state index contributed by atoms with van der Waals surface area (Å²) >= 11 is 3.46. The Morgan fingerprint density at radius 2 is 1.21 bits per heavy atom. The van der Waals surface area contributed by atoms with Crippen LogP contribution in [-0.2, 0) is 0 Å². The van der Waals surface area contributed by atoms with Gasteiger partial charge >= 0.3 is 0 Å². The Balaban J connectivity index is 1.64. The van der Waals surface area contributed by atoms with E-state index in [4.69, 9.17) is 0 Å². The second-order valence-electron chi connectivity index (χ2n) is 5.74. The molecule has 1 nitrogen and oxygen atoms in total. The van der Waals surface area contributed by atoms with Crippen LogP contribution >= 0.6 is 15.9 Å². The van der Waals surface area contributed by atoms with Gasteiger partial charge < -0.3 is 5.32 Å². The highest BCUT2D eigenvalue weighted by molar-refractivity contribution is 9.10. The molecule has 0 aliphatic rings. The zero-order valence-electron chi connectivity index (χ0n) is 13.0. The van der Waals surface area contributed by atoms with Gasteiger partial charge in [0.05, 0.1) is 0 Å². The molecular formula is C22H16BrN. The van der Waals surface area contributed by atoms with Crippen molar-refractivity contribution in [2.75, 3.05) is 5.32 Å². The molecule has 0 saturated carbocycles. The molecule has 1 N–H and O–H groups in total. The van der Waals surface area contributed by atoms with Crippen LogP contribution in [0.5, 0.6) is 0 Å². The van der Waals surface area contributed by atoms with Crippen LogP contribution in [0.4, 0.5) is 11.4 Å². The summed E-state index contributed by atoms with van der Waals surface area (Å²) in [6.07, 6.45) is 0. The van der Waals surface area contributed by atoms with Crippen LogP contribution in [-0.4, -0.2) is 0 Å². The smallest absolute Gasteiger partial charge is 0.0384 e. The van der Waals surface area contributed by atoms with Crippen LogP contribution in [0.15, 0.2) is 95.5 Å². The van der Waals surface area contributed by atoms with E-state index in [2.05, 4.69) is 100 Å². The fourth-order valence-electron chi connectivity index (χ4n) is 2.91. The monoisotopic (exact) mass is 373 g/mol. The molecule has 0 amide bonds. The first-order valence-electron chi connectivity index (χ1n) is 7.90. The van der Waals surface area contributed by atoms with E-state index >= 15 is 0 Å². The van der Waals surface area contributed by atoms with E-state index in [-0.39, 0.29) is 0 Å². The zero-order chi connectivity index (χ0) is 16.4. The molecule has 24 heavy (non-hydrogen) atoms. The van der Waals surface area contributed by atoms with E-state index in [9.17, 15) is 0 Å². The standard InChI is InChI=1S/C22H16BrN/c23-18-10-14-20(15-11-18)24-19-12-8-17(9-13-19)22-7-3-5-16-4-1-2-6-21(16)22/h1-15,24H. The van der Waals surface area contributed by atoms with Gasteiger partial charge in [0, 0.05) is 15.8 Å². The molecule has 116 valence electrons. The first kappa shape index (κ1) is 15.0. The molecule has 0 aromatic heterocycles. The Morgan fingerprint density at radius 1 is 0.583 bits per heavy atom. The molecule has 0 aliphatic carbocycles. The third-order valence-electron chi connectivity index (χ3n) is 4.12. The van der Waals surface area contributed by atoms with Crippen molar-refractivity contribution in [3.63, 3.8) is 0 Å². The highest BCUT2D eigenvalue weighted by Gasteiger charge is 2.03. The lowest BCUT2D eigenvalue weighted by Crippen LogP contribution is -1.90. The van der Waals surface area contributed by atoms with Gasteiger partial charge in [-0.05, 0) is 58.3 Å². The SMILES string of the molecule is Brc1ccc(Nc2ccc(-c3cccc4ccccc34)cc2)cc1. The van der Waals surface area contributed by atoms with Crippen molar-refractivity contribution < 1.29 is 0 Å². The topological polar surface area (TPSA) is 12.0 Å². The van der Waals surface area contributed by atoms with E-state index in [0.29, 0.717) is 0 Å². The number of hydrogen-bond acceptors (Lipinski definition) is 1. The fraction of sp³-hybridized carbons (Fsp3) is 0. The average Bonchev–Trinajstić information content (AvgIpc) is 2.64. The summed E-state index contributed by atoms with van der Waals surface area (Å²) in [6, 6.07) is 31.7. The van der Waals surface area contributed by atoms with Crippen LogP contribution in [0.2, 0.25) is 0 Å². The number of anilines is 2. The summed E-state index contributed by atoms with van der Waals surface area (Å²) in [5.41, 5.74) is 4.66. The van der Waals surface area contributed by atoms with Crippen LogP contribution in [0.25, 0.3) is 21.9 Å². The van der Waals surface area contributed by atoms with Crippen LogP contribution in [0.1, 0.15) is 0 Å². The lowest BCUT2D eigenvalue weighted by Gasteiger charge is -2.10. The molecule has 0 saturated heterocycles. The Morgan fingerprint density at radius 3 is 1.96 bits per heavy atom. The van der Waals surface area contributed by atoms with E-state index in [0.717, 1.165) is 15.8 Å². The third-order valence-corrected chi connectivity index (χ3v) is 4.65. The molecule has 0 aliphatic heterocycles. The molecule has 4 rings (SSSR count). The molecule has 0 heterocycles. The van der Waals surface area contributed by atoms with Crippen molar-refractivity contribution >= 4 is 38.1 Å². The number of rotatable bonds is 3. The predicted molar refractivity (Wildman–Crippen MR) is 107 cm³/mol. The molecule has 2 heteroatoms. The maximum atomic E-state index is 3.46. The molecule has 0 atom stereocenters. The van der Waals surface area contributed by atoms with Crippen molar-refractivity contribution in [2.24, 2.45) is 0 Å². The van der Waals surface area contributed by atoms with Crippen LogP contribution < -0.4 is 5.32 Å². The van der Waals surface area contributed by atoms with Crippen molar-refractivity contribution in [2.45, 2.75) is 0 Å². The van der Waals surface area contributed by atoms with E-state index in [1.54, 1.807) is 0 Å². The van der Waals surface area contributed by atoms with Gasteiger partial charge in [0.25, 0.3) is 0 Å². The number of nitrogens with one attached hydrogen (secondary N) is 1. The van der Waals surface area contributed by atoms with Crippen molar-refractivity contribution in [3.05, 3.63) is 95.5 Å². The summed E-state index contributed by atoms with van der Waals surface area (Å²) < 4.78 is 1.08. The average molecular weight is 374 g/mol. The van der Waals surface area contributed by atoms with E-state index < -0.39 is 0 Å². The van der Waals surface area contributed by atoms with Gasteiger partial charge in [-0.3, -0.25) is 0 Å². The molecule has 0 spiro atoms. The van der Waals surface area contributed by atoms with Gasteiger partial charge in [0.1, 0.15) is 0 Å². The predicted octanol–water partition coefficient (Wildman–Crippen LogP) is 7.01. The lowest BCUT2D eigenvalue weighted by molar-refractivity contribution is 1.53. The maximum absolute atomic E-state index is 3.46. The molecule has 4 aromatic carbocycles. The minimum absolute atomic E-state index is 1.08. The van der Waals surface area contributed by atoms with E-state index in [1.807, 2.05) is 12.1 Å². The number of fused-ring (bicyclic) bond motifs is 1. The second-order valence-corrected chi connectivity index (χ2v) is 6.65. The largest absolute Gasteiger partial charge is 0.356 e. The molecular weight excluding hydrogens is 358 g/mol. The highest BCUT2D eigenvalue weighted by atomic mass is 79.9. The first-order chi connectivity index (χ1) is 11.8. The first-order valence-corrected chi connectivity index (χ1v) is 8.70. The Labute approximate surface area is 150 Å². The van der Waals surface area contributed by atoms with E-state index in [1.165, 1.54) is 21.9 Å². The molecule has 4 aromatic rings. The number of hydrogen-bond donors (Lipinski definition) is 1. The van der Waals surface area contributed by atoms with Crippen molar-refractivity contribution in [3.8, 4) is 11.1 Å². The van der Waals surface area contributed by atoms with Crippen molar-refractivity contribution in [1.82, 2.24) is 0 Å². The lowest BCUT2D eigenvalue weighted by atomic mass is 9.98. The molecule has 0 unspecified atom stereocenters. The second kappa shape index (κ2) is 6.50. The highest BCUT2D eigenvalue weighted by Crippen LogP contribution is 2.30. The van der Waals surface area contributed by atoms with Gasteiger partial charge in [-0.2, -0.15) is 0 Å². The van der Waals surface area contributed by atoms with Gasteiger partial charge in [-0.25, -0.2) is 0 Å². The summed E-state index contributed by atoms with van der Waals surface area (Å²) in [4.78, 5) is 0. The Hall–Kier alpha value is -2.58. The number of halogens is 1. The van der Waals surface area contributed by atoms with Crippen molar-refractivity contribution in [1.29, 1.82) is 0 Å². The molecule has 0 bridgehead atoms. The Bertz CT molecular complexity index is 967. The zero-order valence-corrected chi connectivity index (χ0v) is 14.6. The van der Waals surface area contributed by atoms with Gasteiger partial charge in [0.2, 0.25) is 0 Å². The molecule has 0 fully saturated rings. The Kier molecular flexibility index (Phi) is 4.06. The summed E-state index contributed by atoms with van der Waals surface area (Å²) in [5, 5.41) is 5.98. The number of benzene rings is 4. The maximum Gasteiger partial charge on any atom is 0.0384 e.